The van der Waals surface area contributed by atoms with Crippen molar-refractivity contribution in [3.05, 3.63) is 141 Å². The van der Waals surface area contributed by atoms with E-state index in [0.717, 1.165) is 5.56 Å². The molecule has 1 heterocycles. The minimum absolute atomic E-state index is 0.105. The molecule has 0 aliphatic rings. The zero-order valence-corrected chi connectivity index (χ0v) is 22.6. The Hall–Kier alpha value is -5.31. The van der Waals surface area contributed by atoms with Crippen molar-refractivity contribution < 1.29 is 14.5 Å². The summed E-state index contributed by atoms with van der Waals surface area (Å²) < 4.78 is 7.10. The zero-order valence-electron chi connectivity index (χ0n) is 22.6. The fourth-order valence-corrected chi connectivity index (χ4v) is 4.87. The topological polar surface area (TPSA) is 108 Å². The summed E-state index contributed by atoms with van der Waals surface area (Å²) in [5, 5.41) is 11.6. The van der Waals surface area contributed by atoms with Crippen LogP contribution < -0.4 is 10.3 Å². The highest BCUT2D eigenvalue weighted by Gasteiger charge is 2.28. The molecule has 9 heteroatoms. The summed E-state index contributed by atoms with van der Waals surface area (Å²) in [5.41, 5.74) is 1.96. The highest BCUT2D eigenvalue weighted by Crippen LogP contribution is 2.29. The number of methoxy groups -OCH3 is 1. The fraction of sp³-hybridized carbons (Fsp3) is 0.156. The maximum Gasteiger partial charge on any atom is 0.269 e. The molecule has 0 radical (unpaired) electrons. The van der Waals surface area contributed by atoms with Crippen molar-refractivity contribution in [1.29, 1.82) is 0 Å². The normalized spacial score (nSPS) is 11.7. The number of rotatable bonds is 9. The molecule has 0 fully saturated rings. The SMILES string of the molecule is COc1ccccc1-n1c(C(C)N(CCc2ccccc2)C(=O)c2ccc([N+](=O)[O-])cc2)nc2ccccc2c1=O. The second-order valence-corrected chi connectivity index (χ2v) is 9.51. The molecule has 0 saturated heterocycles. The number of aromatic nitrogens is 2. The number of carbonyl (C=O) groups is 1. The van der Waals surface area contributed by atoms with Crippen molar-refractivity contribution in [2.24, 2.45) is 0 Å². The number of carbonyl (C=O) groups excluding carboxylic acids is 1. The summed E-state index contributed by atoms with van der Waals surface area (Å²) in [5.74, 6) is 0.511. The lowest BCUT2D eigenvalue weighted by Crippen LogP contribution is -2.38. The smallest absolute Gasteiger partial charge is 0.269 e. The van der Waals surface area contributed by atoms with Crippen LogP contribution in [0, 0.1) is 10.1 Å². The van der Waals surface area contributed by atoms with E-state index in [1.165, 1.54) is 35.9 Å². The van der Waals surface area contributed by atoms with Gasteiger partial charge in [0.25, 0.3) is 17.2 Å². The van der Waals surface area contributed by atoms with E-state index in [9.17, 15) is 19.7 Å². The van der Waals surface area contributed by atoms with Gasteiger partial charge in [-0.15, -0.1) is 0 Å². The summed E-state index contributed by atoms with van der Waals surface area (Å²) >= 11 is 0. The van der Waals surface area contributed by atoms with Crippen molar-refractivity contribution in [3.63, 3.8) is 0 Å². The lowest BCUT2D eigenvalue weighted by atomic mass is 10.1. The molecular formula is C32H28N4O5. The molecule has 0 aliphatic heterocycles. The van der Waals surface area contributed by atoms with E-state index < -0.39 is 11.0 Å². The number of fused-ring (bicyclic) bond motifs is 1. The van der Waals surface area contributed by atoms with E-state index in [-0.39, 0.29) is 17.2 Å². The van der Waals surface area contributed by atoms with Gasteiger partial charge in [0.15, 0.2) is 0 Å². The minimum Gasteiger partial charge on any atom is -0.495 e. The number of non-ortho nitro benzene ring substituents is 1. The van der Waals surface area contributed by atoms with E-state index in [2.05, 4.69) is 0 Å². The van der Waals surface area contributed by atoms with E-state index in [0.29, 0.717) is 46.7 Å². The van der Waals surface area contributed by atoms with Gasteiger partial charge < -0.3 is 9.64 Å². The number of para-hydroxylation sites is 3. The first kappa shape index (κ1) is 27.3. The average molecular weight is 549 g/mol. The lowest BCUT2D eigenvalue weighted by Gasteiger charge is -2.31. The Balaban J connectivity index is 1.66. The quantitative estimate of drug-likeness (QED) is 0.172. The Morgan fingerprint density at radius 3 is 2.32 bits per heavy atom. The monoisotopic (exact) mass is 548 g/mol. The van der Waals surface area contributed by atoms with Crippen molar-refractivity contribution in [3.8, 4) is 11.4 Å². The summed E-state index contributed by atoms with van der Waals surface area (Å²) in [6.07, 6.45) is 0.552. The van der Waals surface area contributed by atoms with Crippen molar-refractivity contribution in [1.82, 2.24) is 14.5 Å². The highest BCUT2D eigenvalue weighted by molar-refractivity contribution is 5.94. The molecule has 0 aliphatic carbocycles. The standard InChI is InChI=1S/C32H28N4O5/c1-22(30-33-27-13-7-6-12-26(27)32(38)35(30)28-14-8-9-15-29(28)41-2)34(21-20-23-10-4-3-5-11-23)31(37)24-16-18-25(19-17-24)36(39)40/h3-19,22H,20-21H2,1-2H3. The first-order chi connectivity index (χ1) is 19.9. The fourth-order valence-electron chi connectivity index (χ4n) is 4.87. The van der Waals surface area contributed by atoms with Gasteiger partial charge in [-0.2, -0.15) is 0 Å². The second kappa shape index (κ2) is 11.8. The molecule has 1 amide bonds. The third kappa shape index (κ3) is 5.56. The van der Waals surface area contributed by atoms with Crippen molar-refractivity contribution in [2.45, 2.75) is 19.4 Å². The number of benzene rings is 4. The third-order valence-corrected chi connectivity index (χ3v) is 7.04. The minimum atomic E-state index is -0.663. The van der Waals surface area contributed by atoms with E-state index in [1.807, 2.05) is 55.5 Å². The van der Waals surface area contributed by atoms with E-state index >= 15 is 0 Å². The van der Waals surface area contributed by atoms with Gasteiger partial charge in [-0.05, 0) is 55.3 Å². The maximum atomic E-state index is 14.0. The Morgan fingerprint density at radius 1 is 0.951 bits per heavy atom. The van der Waals surface area contributed by atoms with Crippen LogP contribution >= 0.6 is 0 Å². The second-order valence-electron chi connectivity index (χ2n) is 9.51. The predicted octanol–water partition coefficient (Wildman–Crippen LogP) is 5.75. The van der Waals surface area contributed by atoms with Gasteiger partial charge in [0.1, 0.15) is 11.6 Å². The Kier molecular flexibility index (Phi) is 7.87. The predicted molar refractivity (Wildman–Crippen MR) is 157 cm³/mol. The lowest BCUT2D eigenvalue weighted by molar-refractivity contribution is -0.384. The van der Waals surface area contributed by atoms with Crippen LogP contribution in [0.2, 0.25) is 0 Å². The van der Waals surface area contributed by atoms with Gasteiger partial charge in [-0.1, -0.05) is 54.6 Å². The largest absolute Gasteiger partial charge is 0.495 e. The summed E-state index contributed by atoms with van der Waals surface area (Å²) in [4.78, 5) is 45.2. The molecule has 41 heavy (non-hydrogen) atoms. The van der Waals surface area contributed by atoms with Crippen LogP contribution in [0.15, 0.2) is 108 Å². The molecule has 4 aromatic carbocycles. The summed E-state index contributed by atoms with van der Waals surface area (Å²) in [6, 6.07) is 28.9. The van der Waals surface area contributed by atoms with Crippen LogP contribution in [-0.4, -0.2) is 38.9 Å². The molecule has 1 aromatic heterocycles. The molecule has 9 nitrogen and oxygen atoms in total. The van der Waals surface area contributed by atoms with Gasteiger partial charge in [0, 0.05) is 24.2 Å². The van der Waals surface area contributed by atoms with Crippen LogP contribution in [-0.2, 0) is 6.42 Å². The molecule has 0 N–H and O–H groups in total. The van der Waals surface area contributed by atoms with Crippen LogP contribution in [0.25, 0.3) is 16.6 Å². The molecule has 5 rings (SSSR count). The molecule has 1 atom stereocenters. The van der Waals surface area contributed by atoms with Crippen LogP contribution in [0.1, 0.15) is 34.7 Å². The molecule has 1 unspecified atom stereocenters. The van der Waals surface area contributed by atoms with Gasteiger partial charge in [-0.3, -0.25) is 24.3 Å². The van der Waals surface area contributed by atoms with Crippen molar-refractivity contribution >= 4 is 22.5 Å². The van der Waals surface area contributed by atoms with Crippen LogP contribution in [0.4, 0.5) is 5.69 Å². The Morgan fingerprint density at radius 2 is 1.61 bits per heavy atom. The molecule has 0 bridgehead atoms. The maximum absolute atomic E-state index is 14.0. The summed E-state index contributed by atoms with van der Waals surface area (Å²) in [6.45, 7) is 2.15. The Bertz CT molecular complexity index is 1770. The van der Waals surface area contributed by atoms with Crippen LogP contribution in [0.5, 0.6) is 5.75 Å². The Labute approximate surface area is 236 Å². The molecule has 0 saturated carbocycles. The van der Waals surface area contributed by atoms with Gasteiger partial charge in [0.2, 0.25) is 0 Å². The van der Waals surface area contributed by atoms with E-state index in [4.69, 9.17) is 9.72 Å². The number of nitro benzene ring substituents is 1. The molecular weight excluding hydrogens is 520 g/mol. The number of nitrogens with zero attached hydrogens (tertiary/aromatic N) is 4. The van der Waals surface area contributed by atoms with Crippen molar-refractivity contribution in [2.75, 3.05) is 13.7 Å². The number of nitro groups is 1. The van der Waals surface area contributed by atoms with E-state index in [1.54, 1.807) is 35.2 Å². The average Bonchev–Trinajstić information content (AvgIpc) is 3.01. The highest BCUT2D eigenvalue weighted by atomic mass is 16.6. The number of hydrogen-bond donors (Lipinski definition) is 0. The van der Waals surface area contributed by atoms with Gasteiger partial charge in [-0.25, -0.2) is 4.98 Å². The number of hydrogen-bond acceptors (Lipinski definition) is 6. The first-order valence-corrected chi connectivity index (χ1v) is 13.1. The first-order valence-electron chi connectivity index (χ1n) is 13.1. The zero-order chi connectivity index (χ0) is 28.9. The summed E-state index contributed by atoms with van der Waals surface area (Å²) in [7, 11) is 1.53. The molecule has 5 aromatic rings. The third-order valence-electron chi connectivity index (χ3n) is 7.04. The van der Waals surface area contributed by atoms with Gasteiger partial charge >= 0.3 is 0 Å². The number of amides is 1. The molecule has 206 valence electrons. The van der Waals surface area contributed by atoms with Crippen LogP contribution in [0.3, 0.4) is 0 Å². The van der Waals surface area contributed by atoms with Gasteiger partial charge in [0.05, 0.1) is 34.7 Å². The number of ether oxygens (including phenoxy) is 1. The molecule has 0 spiro atoms.